The maximum Gasteiger partial charge on any atom is 0.126 e. The number of aryl methyl sites for hydroxylation is 1. The molecule has 1 aromatic carbocycles. The van der Waals surface area contributed by atoms with E-state index in [2.05, 4.69) is 16.0 Å². The number of nitrogens with two attached hydrogens (primary N) is 2. The van der Waals surface area contributed by atoms with Crippen LogP contribution in [-0.2, 0) is 7.05 Å². The van der Waals surface area contributed by atoms with Gasteiger partial charge < -0.3 is 16.0 Å². The summed E-state index contributed by atoms with van der Waals surface area (Å²) in [6.45, 7) is 0. The summed E-state index contributed by atoms with van der Waals surface area (Å²) in [5, 5.41) is 0. The highest BCUT2D eigenvalue weighted by Crippen LogP contribution is 2.25. The lowest BCUT2D eigenvalue weighted by molar-refractivity contribution is 0.948. The number of nitrogens with zero attached hydrogens (tertiary/aromatic N) is 3. The van der Waals surface area contributed by atoms with Crippen LogP contribution in [0.2, 0.25) is 0 Å². The van der Waals surface area contributed by atoms with Crippen molar-refractivity contribution < 1.29 is 0 Å². The average Bonchev–Trinajstić information content (AvgIpc) is 2.69. The zero-order valence-electron chi connectivity index (χ0n) is 9.96. The summed E-state index contributed by atoms with van der Waals surface area (Å²) >= 11 is 0. The van der Waals surface area contributed by atoms with Gasteiger partial charge in [-0.05, 0) is 35.4 Å². The first kappa shape index (κ1) is 10.6. The molecule has 0 spiro atoms. The van der Waals surface area contributed by atoms with Crippen LogP contribution >= 0.6 is 0 Å². The Labute approximate surface area is 104 Å². The Balaban J connectivity index is 2.21. The zero-order chi connectivity index (χ0) is 12.7. The number of anilines is 2. The van der Waals surface area contributed by atoms with Gasteiger partial charge in [-0.15, -0.1) is 0 Å². The molecule has 0 aliphatic heterocycles. The molecule has 0 fully saturated rings. The van der Waals surface area contributed by atoms with Crippen LogP contribution in [0.1, 0.15) is 0 Å². The van der Waals surface area contributed by atoms with E-state index in [1.54, 1.807) is 6.33 Å². The van der Waals surface area contributed by atoms with Crippen molar-refractivity contribution in [1.82, 2.24) is 14.5 Å². The van der Waals surface area contributed by atoms with E-state index in [1.807, 2.05) is 35.9 Å². The van der Waals surface area contributed by atoms with Crippen molar-refractivity contribution in [2.24, 2.45) is 7.05 Å². The number of hydrogen-bond acceptors (Lipinski definition) is 4. The number of aromatic nitrogens is 3. The Hall–Kier alpha value is -2.56. The molecule has 0 aliphatic carbocycles. The van der Waals surface area contributed by atoms with Crippen LogP contribution in [0.5, 0.6) is 0 Å². The van der Waals surface area contributed by atoms with E-state index in [9.17, 15) is 0 Å². The van der Waals surface area contributed by atoms with Gasteiger partial charge in [0.25, 0.3) is 0 Å². The Morgan fingerprint density at radius 2 is 1.72 bits per heavy atom. The van der Waals surface area contributed by atoms with E-state index < -0.39 is 0 Å². The summed E-state index contributed by atoms with van der Waals surface area (Å²) in [4.78, 5) is 8.26. The maximum absolute atomic E-state index is 5.71. The smallest absolute Gasteiger partial charge is 0.126 e. The predicted octanol–water partition coefficient (Wildman–Crippen LogP) is 1.80. The lowest BCUT2D eigenvalue weighted by Crippen LogP contribution is -1.96. The lowest BCUT2D eigenvalue weighted by atomic mass is 10.1. The highest BCUT2D eigenvalue weighted by atomic mass is 15.0. The Kier molecular flexibility index (Phi) is 2.19. The molecule has 0 aliphatic rings. The maximum atomic E-state index is 5.71. The molecule has 90 valence electrons. The van der Waals surface area contributed by atoms with Crippen molar-refractivity contribution in [1.29, 1.82) is 0 Å². The Bertz CT molecular complexity index is 709. The van der Waals surface area contributed by atoms with Crippen LogP contribution in [-0.4, -0.2) is 14.5 Å². The number of pyridine rings is 1. The molecule has 2 heterocycles. The molecule has 0 radical (unpaired) electrons. The van der Waals surface area contributed by atoms with Crippen LogP contribution in [0.4, 0.5) is 11.6 Å². The van der Waals surface area contributed by atoms with E-state index >= 15 is 0 Å². The molecule has 0 saturated carbocycles. The van der Waals surface area contributed by atoms with E-state index in [0.29, 0.717) is 11.6 Å². The second-order valence-corrected chi connectivity index (χ2v) is 4.26. The minimum Gasteiger partial charge on any atom is -0.384 e. The largest absolute Gasteiger partial charge is 0.384 e. The molecule has 3 aromatic rings. The number of hydrogen-bond donors (Lipinski definition) is 2. The SMILES string of the molecule is Cn1cnc2ccc(-c3cc(N)nc(N)c3)cc21. The van der Waals surface area contributed by atoms with Gasteiger partial charge in [0.05, 0.1) is 17.4 Å². The van der Waals surface area contributed by atoms with Crippen molar-refractivity contribution in [3.8, 4) is 11.1 Å². The first-order valence-electron chi connectivity index (χ1n) is 5.58. The number of imidazole rings is 1. The molecule has 3 rings (SSSR count). The molecule has 0 amide bonds. The van der Waals surface area contributed by atoms with Crippen molar-refractivity contribution >= 4 is 22.7 Å². The number of nitrogen functional groups attached to an aromatic ring is 2. The van der Waals surface area contributed by atoms with Gasteiger partial charge in [0.2, 0.25) is 0 Å². The Morgan fingerprint density at radius 3 is 2.44 bits per heavy atom. The monoisotopic (exact) mass is 239 g/mol. The molecular formula is C13H13N5. The second kappa shape index (κ2) is 3.73. The minimum atomic E-state index is 0.426. The van der Waals surface area contributed by atoms with Crippen molar-refractivity contribution in [3.05, 3.63) is 36.7 Å². The van der Waals surface area contributed by atoms with E-state index in [-0.39, 0.29) is 0 Å². The van der Waals surface area contributed by atoms with Gasteiger partial charge >= 0.3 is 0 Å². The lowest BCUT2D eigenvalue weighted by Gasteiger charge is -2.05. The summed E-state index contributed by atoms with van der Waals surface area (Å²) in [6, 6.07) is 9.68. The number of benzene rings is 1. The standard InChI is InChI=1S/C13H13N5/c1-18-7-16-10-3-2-8(4-11(10)18)9-5-12(14)17-13(15)6-9/h2-7H,1H3,(H4,14,15,17). The summed E-state index contributed by atoms with van der Waals surface area (Å²) in [5.41, 5.74) is 15.5. The van der Waals surface area contributed by atoms with E-state index in [0.717, 1.165) is 22.2 Å². The number of fused-ring (bicyclic) bond motifs is 1. The third-order valence-corrected chi connectivity index (χ3v) is 2.92. The molecule has 4 N–H and O–H groups in total. The van der Waals surface area contributed by atoms with E-state index in [4.69, 9.17) is 11.5 Å². The van der Waals surface area contributed by atoms with Crippen LogP contribution in [0, 0.1) is 0 Å². The van der Waals surface area contributed by atoms with Gasteiger partial charge in [0.15, 0.2) is 0 Å². The number of rotatable bonds is 1. The summed E-state index contributed by atoms with van der Waals surface area (Å²) in [5.74, 6) is 0.852. The predicted molar refractivity (Wildman–Crippen MR) is 72.8 cm³/mol. The Morgan fingerprint density at radius 1 is 1.00 bits per heavy atom. The van der Waals surface area contributed by atoms with Gasteiger partial charge in [-0.25, -0.2) is 9.97 Å². The van der Waals surface area contributed by atoms with Gasteiger partial charge in [0.1, 0.15) is 11.6 Å². The molecule has 0 atom stereocenters. The quantitative estimate of drug-likeness (QED) is 0.678. The third-order valence-electron chi connectivity index (χ3n) is 2.92. The van der Waals surface area contributed by atoms with Crippen LogP contribution in [0.3, 0.4) is 0 Å². The fourth-order valence-corrected chi connectivity index (χ4v) is 2.05. The first-order valence-corrected chi connectivity index (χ1v) is 5.58. The summed E-state index contributed by atoms with van der Waals surface area (Å²) in [7, 11) is 1.97. The van der Waals surface area contributed by atoms with Crippen molar-refractivity contribution in [2.45, 2.75) is 0 Å². The molecule has 0 bridgehead atoms. The average molecular weight is 239 g/mol. The van der Waals surface area contributed by atoms with Crippen molar-refractivity contribution in [3.63, 3.8) is 0 Å². The molecule has 0 saturated heterocycles. The molecular weight excluding hydrogens is 226 g/mol. The first-order chi connectivity index (χ1) is 8.63. The fraction of sp³-hybridized carbons (Fsp3) is 0.0769. The zero-order valence-corrected chi connectivity index (χ0v) is 9.96. The van der Waals surface area contributed by atoms with Gasteiger partial charge in [-0.2, -0.15) is 0 Å². The second-order valence-electron chi connectivity index (χ2n) is 4.26. The van der Waals surface area contributed by atoms with Gasteiger partial charge in [-0.3, -0.25) is 0 Å². The van der Waals surface area contributed by atoms with Gasteiger partial charge in [0, 0.05) is 7.05 Å². The molecule has 5 heteroatoms. The highest BCUT2D eigenvalue weighted by molar-refractivity contribution is 5.83. The van der Waals surface area contributed by atoms with E-state index in [1.165, 1.54) is 0 Å². The molecule has 5 nitrogen and oxygen atoms in total. The topological polar surface area (TPSA) is 82.8 Å². The molecule has 0 unspecified atom stereocenters. The fourth-order valence-electron chi connectivity index (χ4n) is 2.05. The normalized spacial score (nSPS) is 10.9. The molecule has 2 aromatic heterocycles. The summed E-state index contributed by atoms with van der Waals surface area (Å²) in [6.07, 6.45) is 1.80. The van der Waals surface area contributed by atoms with Gasteiger partial charge in [-0.1, -0.05) is 6.07 Å². The van der Waals surface area contributed by atoms with Crippen LogP contribution in [0.25, 0.3) is 22.2 Å². The van der Waals surface area contributed by atoms with Crippen LogP contribution < -0.4 is 11.5 Å². The molecule has 18 heavy (non-hydrogen) atoms. The van der Waals surface area contributed by atoms with Crippen LogP contribution in [0.15, 0.2) is 36.7 Å². The minimum absolute atomic E-state index is 0.426. The highest BCUT2D eigenvalue weighted by Gasteiger charge is 2.05. The summed E-state index contributed by atoms with van der Waals surface area (Å²) < 4.78 is 1.98. The van der Waals surface area contributed by atoms with Crippen molar-refractivity contribution in [2.75, 3.05) is 11.5 Å². The third kappa shape index (κ3) is 1.66.